The smallest absolute Gasteiger partial charge is 0.401 e. The largest absolute Gasteiger partial charge is 0.448 e. The molecule has 0 spiro atoms. The van der Waals surface area contributed by atoms with E-state index in [1.54, 1.807) is 12.3 Å². The van der Waals surface area contributed by atoms with E-state index in [1.165, 1.54) is 23.7 Å². The number of rotatable bonds is 9. The fourth-order valence-electron chi connectivity index (χ4n) is 7.85. The monoisotopic (exact) mass is 743 g/mol. The van der Waals surface area contributed by atoms with Crippen molar-refractivity contribution in [2.45, 2.75) is 102 Å². The van der Waals surface area contributed by atoms with Gasteiger partial charge in [-0.2, -0.15) is 13.2 Å². The molecule has 1 saturated heterocycles. The molecule has 2 N–H and O–H groups in total. The third-order valence-electron chi connectivity index (χ3n) is 10.5. The van der Waals surface area contributed by atoms with Gasteiger partial charge in [-0.05, 0) is 90.9 Å². The Balaban J connectivity index is 1.30. The normalized spacial score (nSPS) is 24.7. The predicted octanol–water partition coefficient (Wildman–Crippen LogP) is 6.86. The van der Waals surface area contributed by atoms with Gasteiger partial charge in [0.15, 0.2) is 11.5 Å². The molecular formula is C38H48F3N5O5S. The second kappa shape index (κ2) is 14.9. The van der Waals surface area contributed by atoms with E-state index in [-0.39, 0.29) is 42.2 Å². The number of pyridine rings is 2. The summed E-state index contributed by atoms with van der Waals surface area (Å²) in [6.45, 7) is 10.1. The van der Waals surface area contributed by atoms with Gasteiger partial charge in [0.1, 0.15) is 5.82 Å². The summed E-state index contributed by atoms with van der Waals surface area (Å²) in [5.41, 5.74) is 3.28. The number of aromatic nitrogens is 2. The zero-order chi connectivity index (χ0) is 37.5. The van der Waals surface area contributed by atoms with Crippen molar-refractivity contribution in [2.75, 3.05) is 37.8 Å². The Morgan fingerprint density at radius 2 is 1.77 bits per heavy atom. The van der Waals surface area contributed by atoms with Gasteiger partial charge in [-0.1, -0.05) is 0 Å². The Bertz CT molecular complexity index is 1840. The number of thioether (sulfide) groups is 1. The van der Waals surface area contributed by atoms with E-state index in [1.807, 2.05) is 59.1 Å². The third kappa shape index (κ3) is 8.08. The fourth-order valence-corrected chi connectivity index (χ4v) is 8.56. The van der Waals surface area contributed by atoms with Crippen LogP contribution in [0.4, 0.5) is 19.0 Å². The molecule has 0 radical (unpaired) electrons. The Morgan fingerprint density at radius 3 is 2.38 bits per heavy atom. The molecule has 0 bridgehead atoms. The number of hydrogen-bond donors (Lipinski definition) is 2. The number of carbonyl (C=O) groups is 1. The molecule has 2 aliphatic heterocycles. The fraction of sp³-hybridized carbons (Fsp3) is 0.553. The van der Waals surface area contributed by atoms with Crippen molar-refractivity contribution in [1.82, 2.24) is 20.2 Å². The number of fused-ring (bicyclic) bond motifs is 1. The van der Waals surface area contributed by atoms with Crippen molar-refractivity contribution >= 4 is 23.5 Å². The lowest BCUT2D eigenvalue weighted by molar-refractivity contribution is -0.153. The number of halogens is 3. The van der Waals surface area contributed by atoms with Gasteiger partial charge in [0.2, 0.25) is 0 Å². The maximum atomic E-state index is 13.9. The zero-order valence-electron chi connectivity index (χ0n) is 30.8. The summed E-state index contributed by atoms with van der Waals surface area (Å²) >= 11 is 1.44. The molecule has 2 aromatic heterocycles. The van der Waals surface area contributed by atoms with Crippen LogP contribution in [0.25, 0.3) is 11.1 Å². The topological polar surface area (TPSA) is 109 Å². The number of H-pyrrole nitrogens is 1. The minimum Gasteiger partial charge on any atom is -0.448 e. The molecule has 10 nitrogen and oxygen atoms in total. The first-order valence-corrected chi connectivity index (χ1v) is 19.0. The van der Waals surface area contributed by atoms with Crippen LogP contribution in [0.15, 0.2) is 40.2 Å². The average Bonchev–Trinajstić information content (AvgIpc) is 3.45. The van der Waals surface area contributed by atoms with Crippen molar-refractivity contribution in [3.05, 3.63) is 63.2 Å². The molecule has 6 rings (SSSR count). The number of nitrogens with zero attached hydrogens (tertiary/aromatic N) is 3. The number of aryl methyl sites for hydroxylation is 1. The van der Waals surface area contributed by atoms with Crippen LogP contribution in [0, 0.1) is 19.8 Å². The SMILES string of the molecule is CSc1cc(C)[nH]c(=O)c1CNC(=O)c1cc(-c2ccc(N3C[C@@H](C)O[C@@H](C)C3)nc2)c2c(c1C)O[C@@](C)([C@H]1CC[C@H](N(C)CC(F)(F)F)CC1)O2. The number of benzene rings is 1. The first-order chi connectivity index (χ1) is 24.5. The van der Waals surface area contributed by atoms with E-state index < -0.39 is 18.5 Å². The molecule has 3 aromatic rings. The Labute approximate surface area is 306 Å². The number of amides is 1. The molecule has 3 aliphatic rings. The molecule has 1 saturated carbocycles. The highest BCUT2D eigenvalue weighted by Crippen LogP contribution is 2.53. The molecular weight excluding hydrogens is 696 g/mol. The van der Waals surface area contributed by atoms with E-state index in [9.17, 15) is 22.8 Å². The van der Waals surface area contributed by atoms with E-state index in [0.29, 0.717) is 72.5 Å². The quantitative estimate of drug-likeness (QED) is 0.227. The van der Waals surface area contributed by atoms with Gasteiger partial charge in [0.25, 0.3) is 17.3 Å². The average molecular weight is 744 g/mol. The number of alkyl halides is 3. The molecule has 14 heteroatoms. The summed E-state index contributed by atoms with van der Waals surface area (Å²) < 4.78 is 58.6. The molecule has 282 valence electrons. The maximum absolute atomic E-state index is 13.9. The molecule has 1 amide bonds. The first-order valence-electron chi connectivity index (χ1n) is 17.8. The van der Waals surface area contributed by atoms with Crippen LogP contribution < -0.4 is 25.2 Å². The minimum atomic E-state index is -4.26. The van der Waals surface area contributed by atoms with Crippen molar-refractivity contribution < 1.29 is 32.2 Å². The van der Waals surface area contributed by atoms with Gasteiger partial charge in [0, 0.05) is 83.1 Å². The lowest BCUT2D eigenvalue weighted by Gasteiger charge is -2.40. The van der Waals surface area contributed by atoms with Crippen LogP contribution in [-0.4, -0.2) is 83.9 Å². The number of aromatic amines is 1. The first kappa shape index (κ1) is 38.0. The maximum Gasteiger partial charge on any atom is 0.401 e. The zero-order valence-corrected chi connectivity index (χ0v) is 31.6. The number of carbonyl (C=O) groups excluding carboxylic acids is 1. The van der Waals surface area contributed by atoms with Crippen LogP contribution in [0.2, 0.25) is 0 Å². The van der Waals surface area contributed by atoms with Crippen molar-refractivity contribution in [1.29, 1.82) is 0 Å². The van der Waals surface area contributed by atoms with E-state index >= 15 is 0 Å². The number of nitrogens with one attached hydrogen (secondary N) is 2. The van der Waals surface area contributed by atoms with E-state index in [0.717, 1.165) is 22.0 Å². The van der Waals surface area contributed by atoms with Crippen LogP contribution in [0.3, 0.4) is 0 Å². The molecule has 3 atom stereocenters. The van der Waals surface area contributed by atoms with Gasteiger partial charge >= 0.3 is 6.18 Å². The predicted molar refractivity (Wildman–Crippen MR) is 195 cm³/mol. The summed E-state index contributed by atoms with van der Waals surface area (Å²) in [7, 11) is 1.53. The molecule has 4 heterocycles. The summed E-state index contributed by atoms with van der Waals surface area (Å²) in [5.74, 6) is 0.189. The van der Waals surface area contributed by atoms with Crippen molar-refractivity contribution in [3.63, 3.8) is 0 Å². The standard InChI is InChI=1S/C38H48F3N5O5S/c1-21-14-31(52-7)30(36(48)44-21)17-43-35(47)28-15-29(25-8-13-32(42-16-25)46-18-22(2)49-23(3)19-46)34-33(24(28)4)50-37(5,51-34)26-9-11-27(12-10-26)45(6)20-38(39,40)41/h8,13-16,22-23,26-27H,9-12,17-20H2,1-7H3,(H,43,47)(H,44,48)/t22-,23+,26-,27-,37-/m1/s1. The van der Waals surface area contributed by atoms with Gasteiger partial charge in [0.05, 0.1) is 18.8 Å². The van der Waals surface area contributed by atoms with Crippen molar-refractivity contribution in [2.24, 2.45) is 5.92 Å². The number of morpholine rings is 1. The van der Waals surface area contributed by atoms with Gasteiger partial charge in [-0.3, -0.25) is 14.5 Å². The van der Waals surface area contributed by atoms with Crippen LogP contribution in [-0.2, 0) is 11.3 Å². The highest BCUT2D eigenvalue weighted by molar-refractivity contribution is 7.98. The lowest BCUT2D eigenvalue weighted by atomic mass is 9.81. The third-order valence-corrected chi connectivity index (χ3v) is 11.3. The van der Waals surface area contributed by atoms with Gasteiger partial charge in [-0.15, -0.1) is 11.8 Å². The summed E-state index contributed by atoms with van der Waals surface area (Å²) in [5, 5.41) is 2.95. The molecule has 0 unspecified atom stereocenters. The molecule has 2 fully saturated rings. The summed E-state index contributed by atoms with van der Waals surface area (Å²) in [6.07, 6.45) is 1.93. The molecule has 52 heavy (non-hydrogen) atoms. The Kier molecular flexibility index (Phi) is 10.9. The lowest BCUT2D eigenvalue weighted by Crippen LogP contribution is -2.48. The minimum absolute atomic E-state index is 0.0320. The second-order valence-electron chi connectivity index (χ2n) is 14.6. The van der Waals surface area contributed by atoms with Crippen molar-refractivity contribution in [3.8, 4) is 22.6 Å². The van der Waals surface area contributed by atoms with E-state index in [4.69, 9.17) is 19.2 Å². The molecule has 1 aliphatic carbocycles. The van der Waals surface area contributed by atoms with Gasteiger partial charge in [-0.25, -0.2) is 4.98 Å². The Morgan fingerprint density at radius 1 is 1.10 bits per heavy atom. The van der Waals surface area contributed by atoms with Crippen LogP contribution >= 0.6 is 11.8 Å². The summed E-state index contributed by atoms with van der Waals surface area (Å²) in [6, 6.07) is 7.39. The number of hydrogen-bond acceptors (Lipinski definition) is 9. The van der Waals surface area contributed by atoms with Gasteiger partial charge < -0.3 is 29.4 Å². The highest BCUT2D eigenvalue weighted by atomic mass is 32.2. The second-order valence-corrected chi connectivity index (χ2v) is 15.4. The number of ether oxygens (including phenoxy) is 3. The van der Waals surface area contributed by atoms with Crippen LogP contribution in [0.1, 0.15) is 73.6 Å². The highest BCUT2D eigenvalue weighted by Gasteiger charge is 2.48. The summed E-state index contributed by atoms with van der Waals surface area (Å²) in [4.78, 5) is 38.7. The molecule has 1 aromatic carbocycles. The van der Waals surface area contributed by atoms with E-state index in [2.05, 4.69) is 15.2 Å². The van der Waals surface area contributed by atoms with Crippen LogP contribution in [0.5, 0.6) is 11.5 Å². The number of anilines is 1. The Hall–Kier alpha value is -3.75.